The number of nitrogens with zero attached hydrogens (tertiary/aromatic N) is 1. The Balaban J connectivity index is 1.61. The molecule has 0 unspecified atom stereocenters. The Kier molecular flexibility index (Phi) is 6.29. The monoisotopic (exact) mass is 405 g/mol. The fourth-order valence-corrected chi connectivity index (χ4v) is 3.57. The van der Waals surface area contributed by atoms with Gasteiger partial charge in [0, 0.05) is 24.3 Å². The van der Waals surface area contributed by atoms with Gasteiger partial charge >= 0.3 is 0 Å². The Bertz CT molecular complexity index is 853. The van der Waals surface area contributed by atoms with Gasteiger partial charge in [-0.3, -0.25) is 10.1 Å². The fraction of sp³-hybridized carbons (Fsp3) is 0.300. The van der Waals surface area contributed by atoms with Crippen LogP contribution in [-0.4, -0.2) is 24.1 Å². The van der Waals surface area contributed by atoms with Gasteiger partial charge in [0.25, 0.3) is 5.91 Å². The van der Waals surface area contributed by atoms with E-state index in [-0.39, 0.29) is 10.7 Å². The maximum atomic E-state index is 13.2. The van der Waals surface area contributed by atoms with Crippen LogP contribution in [0.3, 0.4) is 0 Å². The highest BCUT2D eigenvalue weighted by Crippen LogP contribution is 2.31. The molecule has 2 aromatic carbocycles. The first-order chi connectivity index (χ1) is 12.9. The van der Waals surface area contributed by atoms with Gasteiger partial charge in [-0.2, -0.15) is 0 Å². The molecule has 0 aliphatic carbocycles. The fourth-order valence-electron chi connectivity index (χ4n) is 3.06. The molecule has 1 heterocycles. The number of rotatable bonds is 3. The van der Waals surface area contributed by atoms with Crippen molar-refractivity contribution in [2.24, 2.45) is 5.92 Å². The lowest BCUT2D eigenvalue weighted by molar-refractivity contribution is 0.0977. The van der Waals surface area contributed by atoms with Gasteiger partial charge < -0.3 is 10.2 Å². The van der Waals surface area contributed by atoms with Gasteiger partial charge in [-0.05, 0) is 67.4 Å². The molecule has 0 aromatic heterocycles. The average Bonchev–Trinajstić information content (AvgIpc) is 2.63. The van der Waals surface area contributed by atoms with Gasteiger partial charge in [0.15, 0.2) is 5.11 Å². The minimum atomic E-state index is -0.476. The minimum Gasteiger partial charge on any atom is -0.370 e. The molecule has 0 atom stereocenters. The predicted octanol–water partition coefficient (Wildman–Crippen LogP) is 4.84. The second-order valence-electron chi connectivity index (χ2n) is 6.75. The average molecular weight is 406 g/mol. The molecule has 7 heteroatoms. The van der Waals surface area contributed by atoms with Crippen molar-refractivity contribution in [2.75, 3.05) is 23.3 Å². The first-order valence-electron chi connectivity index (χ1n) is 8.85. The summed E-state index contributed by atoms with van der Waals surface area (Å²) in [5.41, 5.74) is 1.88. The third kappa shape index (κ3) is 5.17. The van der Waals surface area contributed by atoms with Crippen molar-refractivity contribution in [3.63, 3.8) is 0 Å². The van der Waals surface area contributed by atoms with Gasteiger partial charge in [-0.25, -0.2) is 4.39 Å². The zero-order chi connectivity index (χ0) is 19.4. The number of amides is 1. The van der Waals surface area contributed by atoms with E-state index >= 15 is 0 Å². The van der Waals surface area contributed by atoms with Crippen molar-refractivity contribution >= 4 is 46.2 Å². The van der Waals surface area contributed by atoms with Crippen molar-refractivity contribution in [2.45, 2.75) is 19.8 Å². The number of hydrogen-bond acceptors (Lipinski definition) is 3. The Morgan fingerprint density at radius 1 is 1.22 bits per heavy atom. The van der Waals surface area contributed by atoms with Crippen LogP contribution < -0.4 is 15.5 Å². The number of hydrogen-bond donors (Lipinski definition) is 2. The molecular formula is C20H21ClFN3OS. The lowest BCUT2D eigenvalue weighted by Crippen LogP contribution is -2.34. The second kappa shape index (κ2) is 8.67. The molecule has 3 rings (SSSR count). The molecule has 1 aliphatic rings. The summed E-state index contributed by atoms with van der Waals surface area (Å²) in [6.45, 7) is 4.26. The van der Waals surface area contributed by atoms with E-state index in [1.165, 1.54) is 18.2 Å². The summed E-state index contributed by atoms with van der Waals surface area (Å²) in [6.07, 6.45) is 2.32. The van der Waals surface area contributed by atoms with E-state index < -0.39 is 11.7 Å². The highest BCUT2D eigenvalue weighted by Gasteiger charge is 2.18. The lowest BCUT2D eigenvalue weighted by atomic mass is 9.99. The summed E-state index contributed by atoms with van der Waals surface area (Å²) in [7, 11) is 0. The minimum absolute atomic E-state index is 0.125. The number of nitrogens with one attached hydrogen (secondary N) is 2. The molecule has 0 bridgehead atoms. The number of halogens is 2. The van der Waals surface area contributed by atoms with Crippen molar-refractivity contribution in [1.29, 1.82) is 0 Å². The third-order valence-electron chi connectivity index (χ3n) is 4.64. The van der Waals surface area contributed by atoms with Gasteiger partial charge in [-0.1, -0.05) is 24.6 Å². The van der Waals surface area contributed by atoms with Crippen LogP contribution in [0.25, 0.3) is 0 Å². The summed E-state index contributed by atoms with van der Waals surface area (Å²) in [4.78, 5) is 14.4. The smallest absolute Gasteiger partial charge is 0.257 e. The summed E-state index contributed by atoms with van der Waals surface area (Å²) >= 11 is 11.6. The Labute approximate surface area is 168 Å². The molecule has 1 amide bonds. The third-order valence-corrected chi connectivity index (χ3v) is 5.15. The summed E-state index contributed by atoms with van der Waals surface area (Å²) < 4.78 is 13.2. The van der Waals surface area contributed by atoms with Crippen molar-refractivity contribution in [1.82, 2.24) is 5.32 Å². The first kappa shape index (κ1) is 19.6. The molecule has 1 fully saturated rings. The van der Waals surface area contributed by atoms with Crippen molar-refractivity contribution < 1.29 is 9.18 Å². The van der Waals surface area contributed by atoms with Gasteiger partial charge in [0.2, 0.25) is 0 Å². The molecule has 4 nitrogen and oxygen atoms in total. The number of anilines is 2. The van der Waals surface area contributed by atoms with E-state index in [2.05, 4.69) is 22.5 Å². The van der Waals surface area contributed by atoms with Crippen LogP contribution in [0.15, 0.2) is 42.5 Å². The number of benzene rings is 2. The predicted molar refractivity (Wildman–Crippen MR) is 112 cm³/mol. The Morgan fingerprint density at radius 2 is 1.96 bits per heavy atom. The van der Waals surface area contributed by atoms with E-state index in [1.807, 2.05) is 12.1 Å². The Hall–Kier alpha value is -2.18. The highest BCUT2D eigenvalue weighted by molar-refractivity contribution is 7.80. The zero-order valence-electron chi connectivity index (χ0n) is 15.0. The van der Waals surface area contributed by atoms with Gasteiger partial charge in [-0.15, -0.1) is 0 Å². The summed E-state index contributed by atoms with van der Waals surface area (Å²) in [6, 6.07) is 11.0. The van der Waals surface area contributed by atoms with Crippen LogP contribution >= 0.6 is 23.8 Å². The van der Waals surface area contributed by atoms with E-state index in [1.54, 1.807) is 6.07 Å². The molecule has 142 valence electrons. The summed E-state index contributed by atoms with van der Waals surface area (Å²) in [5, 5.41) is 6.23. The first-order valence-corrected chi connectivity index (χ1v) is 9.63. The van der Waals surface area contributed by atoms with Crippen molar-refractivity contribution in [3.8, 4) is 0 Å². The number of carbonyl (C=O) groups is 1. The lowest BCUT2D eigenvalue weighted by Gasteiger charge is -2.32. The summed E-state index contributed by atoms with van der Waals surface area (Å²) in [5.74, 6) is -0.201. The van der Waals surface area contributed by atoms with Crippen LogP contribution in [0, 0.1) is 11.7 Å². The molecule has 1 saturated heterocycles. The van der Waals surface area contributed by atoms with Crippen LogP contribution in [0.5, 0.6) is 0 Å². The number of thiocarbonyl (C=S) groups is 1. The normalized spacial score (nSPS) is 14.7. The maximum absolute atomic E-state index is 13.2. The van der Waals surface area contributed by atoms with Crippen LogP contribution in [0.4, 0.5) is 15.8 Å². The van der Waals surface area contributed by atoms with Crippen LogP contribution in [-0.2, 0) is 0 Å². The molecule has 0 radical (unpaired) electrons. The van der Waals surface area contributed by atoms with E-state index in [4.69, 9.17) is 23.8 Å². The molecule has 1 aliphatic heterocycles. The van der Waals surface area contributed by atoms with Gasteiger partial charge in [0.1, 0.15) is 5.82 Å². The molecular weight excluding hydrogens is 385 g/mol. The number of piperidine rings is 1. The van der Waals surface area contributed by atoms with Crippen LogP contribution in [0.1, 0.15) is 30.1 Å². The van der Waals surface area contributed by atoms with E-state index in [0.717, 1.165) is 43.6 Å². The molecule has 2 N–H and O–H groups in total. The van der Waals surface area contributed by atoms with Gasteiger partial charge in [0.05, 0.1) is 10.7 Å². The molecule has 2 aromatic rings. The number of carbonyl (C=O) groups excluding carboxylic acids is 1. The van der Waals surface area contributed by atoms with E-state index in [0.29, 0.717) is 10.7 Å². The molecule has 0 spiro atoms. The second-order valence-corrected chi connectivity index (χ2v) is 7.57. The zero-order valence-corrected chi connectivity index (χ0v) is 16.5. The molecule has 27 heavy (non-hydrogen) atoms. The van der Waals surface area contributed by atoms with E-state index in [9.17, 15) is 9.18 Å². The largest absolute Gasteiger partial charge is 0.370 e. The Morgan fingerprint density at radius 3 is 2.63 bits per heavy atom. The maximum Gasteiger partial charge on any atom is 0.257 e. The topological polar surface area (TPSA) is 44.4 Å². The molecule has 0 saturated carbocycles. The van der Waals surface area contributed by atoms with Crippen LogP contribution in [0.2, 0.25) is 5.02 Å². The standard InChI is InChI=1S/C20H21ClFN3OS/c1-13-7-9-25(10-8-13)18-6-5-16(12-17(18)21)23-20(27)24-19(26)14-3-2-4-15(22)11-14/h2-6,11-13H,7-10H2,1H3,(H2,23,24,26,27). The highest BCUT2D eigenvalue weighted by atomic mass is 35.5. The SMILES string of the molecule is CC1CCN(c2ccc(NC(=S)NC(=O)c3cccc(F)c3)cc2Cl)CC1. The van der Waals surface area contributed by atoms with Crippen molar-refractivity contribution in [3.05, 3.63) is 58.9 Å². The quantitative estimate of drug-likeness (QED) is 0.717.